The van der Waals surface area contributed by atoms with Gasteiger partial charge in [-0.15, -0.1) is 11.3 Å². The summed E-state index contributed by atoms with van der Waals surface area (Å²) in [7, 11) is 0. The molecule has 0 aliphatic heterocycles. The molecule has 1 aromatic carbocycles. The van der Waals surface area contributed by atoms with Crippen molar-refractivity contribution in [3.05, 3.63) is 62.8 Å². The minimum absolute atomic E-state index is 0.110. The van der Waals surface area contributed by atoms with Gasteiger partial charge < -0.3 is 0 Å². The molecule has 0 aliphatic carbocycles. The Balaban J connectivity index is 1.76. The summed E-state index contributed by atoms with van der Waals surface area (Å²) in [6.45, 7) is 0. The SMILES string of the molecule is O=C(Cc1cccs1)NN=CC=Cc1ccc(Br)cc1. The fraction of sp³-hybridized carbons (Fsp3) is 0.0667. The standard InChI is InChI=1S/C15H13BrN2OS/c16-13-7-5-12(6-8-13)3-1-9-17-18-15(19)11-14-4-2-10-20-14/h1-10H,11H2,(H,18,19). The van der Waals surface area contributed by atoms with E-state index in [2.05, 4.69) is 26.5 Å². The quantitative estimate of drug-likeness (QED) is 0.646. The summed E-state index contributed by atoms with van der Waals surface area (Å²) in [6.07, 6.45) is 5.63. The van der Waals surface area contributed by atoms with Crippen molar-refractivity contribution >= 4 is 45.5 Å². The highest BCUT2D eigenvalue weighted by molar-refractivity contribution is 9.10. The maximum atomic E-state index is 11.5. The summed E-state index contributed by atoms with van der Waals surface area (Å²) in [5.41, 5.74) is 3.57. The van der Waals surface area contributed by atoms with Crippen molar-refractivity contribution in [2.75, 3.05) is 0 Å². The molecule has 0 fully saturated rings. The predicted molar refractivity (Wildman–Crippen MR) is 87.8 cm³/mol. The molecule has 0 saturated heterocycles. The van der Waals surface area contributed by atoms with Gasteiger partial charge in [0.1, 0.15) is 0 Å². The molecule has 5 heteroatoms. The first-order chi connectivity index (χ1) is 9.74. The fourth-order valence-electron chi connectivity index (χ4n) is 1.49. The number of carbonyl (C=O) groups excluding carboxylic acids is 1. The van der Waals surface area contributed by atoms with E-state index in [1.807, 2.05) is 47.9 Å². The summed E-state index contributed by atoms with van der Waals surface area (Å²) in [6, 6.07) is 11.8. The lowest BCUT2D eigenvalue weighted by Gasteiger charge is -1.96. The maximum absolute atomic E-state index is 11.5. The lowest BCUT2D eigenvalue weighted by molar-refractivity contribution is -0.120. The number of hydrogen-bond acceptors (Lipinski definition) is 3. The van der Waals surface area contributed by atoms with Gasteiger partial charge in [0.25, 0.3) is 0 Å². The fourth-order valence-corrected chi connectivity index (χ4v) is 2.46. The first-order valence-electron chi connectivity index (χ1n) is 6.00. The van der Waals surface area contributed by atoms with E-state index in [0.29, 0.717) is 6.42 Å². The number of nitrogens with one attached hydrogen (secondary N) is 1. The first-order valence-corrected chi connectivity index (χ1v) is 7.68. The Labute approximate surface area is 130 Å². The summed E-state index contributed by atoms with van der Waals surface area (Å²) in [5, 5.41) is 5.82. The Bertz CT molecular complexity index is 603. The van der Waals surface area contributed by atoms with Crippen LogP contribution in [0.3, 0.4) is 0 Å². The number of benzene rings is 1. The van der Waals surface area contributed by atoms with Gasteiger partial charge in [0.2, 0.25) is 5.91 Å². The zero-order valence-corrected chi connectivity index (χ0v) is 13.0. The van der Waals surface area contributed by atoms with Crippen LogP contribution in [0.5, 0.6) is 0 Å². The molecule has 102 valence electrons. The van der Waals surface area contributed by atoms with E-state index >= 15 is 0 Å². The van der Waals surface area contributed by atoms with Crippen molar-refractivity contribution in [3.8, 4) is 0 Å². The number of hydrogen-bond donors (Lipinski definition) is 1. The topological polar surface area (TPSA) is 41.5 Å². The van der Waals surface area contributed by atoms with Gasteiger partial charge in [-0.1, -0.05) is 40.2 Å². The third-order valence-electron chi connectivity index (χ3n) is 2.42. The molecule has 3 nitrogen and oxygen atoms in total. The third kappa shape index (κ3) is 5.11. The van der Waals surface area contributed by atoms with Crippen LogP contribution in [0.25, 0.3) is 6.08 Å². The number of hydrazone groups is 1. The number of rotatable bonds is 5. The number of allylic oxidation sites excluding steroid dienone is 1. The lowest BCUT2D eigenvalue weighted by Crippen LogP contribution is -2.18. The highest BCUT2D eigenvalue weighted by atomic mass is 79.9. The third-order valence-corrected chi connectivity index (χ3v) is 3.83. The molecule has 1 heterocycles. The lowest BCUT2D eigenvalue weighted by atomic mass is 10.2. The van der Waals surface area contributed by atoms with Gasteiger partial charge in [-0.3, -0.25) is 4.79 Å². The van der Waals surface area contributed by atoms with Crippen molar-refractivity contribution in [1.82, 2.24) is 5.43 Å². The largest absolute Gasteiger partial charge is 0.273 e. The van der Waals surface area contributed by atoms with Crippen LogP contribution in [0.2, 0.25) is 0 Å². The van der Waals surface area contributed by atoms with Gasteiger partial charge >= 0.3 is 0 Å². The summed E-state index contributed by atoms with van der Waals surface area (Å²) in [4.78, 5) is 12.6. The van der Waals surface area contributed by atoms with E-state index in [4.69, 9.17) is 0 Å². The zero-order chi connectivity index (χ0) is 14.2. The van der Waals surface area contributed by atoms with Crippen LogP contribution in [0, 0.1) is 0 Å². The Morgan fingerprint density at radius 2 is 2.10 bits per heavy atom. The second-order valence-electron chi connectivity index (χ2n) is 3.98. The monoisotopic (exact) mass is 348 g/mol. The Morgan fingerprint density at radius 1 is 1.30 bits per heavy atom. The minimum Gasteiger partial charge on any atom is -0.273 e. The zero-order valence-electron chi connectivity index (χ0n) is 10.6. The highest BCUT2D eigenvalue weighted by Crippen LogP contribution is 2.11. The van der Waals surface area contributed by atoms with Crippen LogP contribution >= 0.6 is 27.3 Å². The molecule has 0 spiro atoms. The van der Waals surface area contributed by atoms with E-state index in [9.17, 15) is 4.79 Å². The molecule has 20 heavy (non-hydrogen) atoms. The molecule has 0 aliphatic rings. The van der Waals surface area contributed by atoms with Crippen LogP contribution in [0.15, 0.2) is 57.4 Å². The number of halogens is 1. The molecule has 1 N–H and O–H groups in total. The smallest absolute Gasteiger partial charge is 0.245 e. The molecule has 1 amide bonds. The molecule has 0 bridgehead atoms. The van der Waals surface area contributed by atoms with Crippen LogP contribution < -0.4 is 5.43 Å². The van der Waals surface area contributed by atoms with E-state index in [0.717, 1.165) is 14.9 Å². The molecule has 0 radical (unpaired) electrons. The van der Waals surface area contributed by atoms with Crippen LogP contribution in [-0.4, -0.2) is 12.1 Å². The van der Waals surface area contributed by atoms with E-state index in [-0.39, 0.29) is 5.91 Å². The van der Waals surface area contributed by atoms with Gasteiger partial charge in [-0.25, -0.2) is 5.43 Å². The molecule has 0 atom stereocenters. The summed E-state index contributed by atoms with van der Waals surface area (Å²) < 4.78 is 1.05. The van der Waals surface area contributed by atoms with Crippen LogP contribution in [-0.2, 0) is 11.2 Å². The molecule has 1 aromatic heterocycles. The maximum Gasteiger partial charge on any atom is 0.245 e. The van der Waals surface area contributed by atoms with Crippen molar-refractivity contribution < 1.29 is 4.79 Å². The van der Waals surface area contributed by atoms with Gasteiger partial charge in [0.15, 0.2) is 0 Å². The number of nitrogens with zero attached hydrogens (tertiary/aromatic N) is 1. The highest BCUT2D eigenvalue weighted by Gasteiger charge is 2.01. The Morgan fingerprint density at radius 3 is 2.80 bits per heavy atom. The number of thiophene rings is 1. The van der Waals surface area contributed by atoms with Gasteiger partial charge in [0.05, 0.1) is 6.42 Å². The van der Waals surface area contributed by atoms with Crippen molar-refractivity contribution in [2.45, 2.75) is 6.42 Å². The van der Waals surface area contributed by atoms with E-state index < -0.39 is 0 Å². The summed E-state index contributed by atoms with van der Waals surface area (Å²) >= 11 is 4.94. The molecular weight excluding hydrogens is 336 g/mol. The number of amides is 1. The molecule has 0 saturated carbocycles. The van der Waals surface area contributed by atoms with Gasteiger partial charge in [-0.05, 0) is 35.2 Å². The average molecular weight is 349 g/mol. The van der Waals surface area contributed by atoms with E-state index in [1.54, 1.807) is 23.6 Å². The van der Waals surface area contributed by atoms with E-state index in [1.165, 1.54) is 0 Å². The Hall–Kier alpha value is -1.72. The molecular formula is C15H13BrN2OS. The second kappa shape index (κ2) is 7.77. The minimum atomic E-state index is -0.110. The average Bonchev–Trinajstić information content (AvgIpc) is 2.93. The molecule has 2 rings (SSSR count). The normalized spacial score (nSPS) is 11.2. The summed E-state index contributed by atoms with van der Waals surface area (Å²) in [5.74, 6) is -0.110. The van der Waals surface area contributed by atoms with Crippen LogP contribution in [0.1, 0.15) is 10.4 Å². The first kappa shape index (κ1) is 14.7. The second-order valence-corrected chi connectivity index (χ2v) is 5.93. The van der Waals surface area contributed by atoms with Gasteiger partial charge in [0, 0.05) is 15.6 Å². The Kier molecular flexibility index (Phi) is 5.70. The van der Waals surface area contributed by atoms with Crippen molar-refractivity contribution in [3.63, 3.8) is 0 Å². The predicted octanol–water partition coefficient (Wildman–Crippen LogP) is 3.87. The van der Waals surface area contributed by atoms with Crippen molar-refractivity contribution in [1.29, 1.82) is 0 Å². The number of carbonyl (C=O) groups is 1. The van der Waals surface area contributed by atoms with Crippen molar-refractivity contribution in [2.24, 2.45) is 5.10 Å². The molecule has 2 aromatic rings. The van der Waals surface area contributed by atoms with Gasteiger partial charge in [-0.2, -0.15) is 5.10 Å². The van der Waals surface area contributed by atoms with Crippen LogP contribution in [0.4, 0.5) is 0 Å². The molecule has 0 unspecified atom stereocenters.